The molecule has 10 nitrogen and oxygen atoms in total. The van der Waals surface area contributed by atoms with Crippen LogP contribution in [0, 0.1) is 0 Å². The summed E-state index contributed by atoms with van der Waals surface area (Å²) in [6.45, 7) is -0.156. The van der Waals surface area contributed by atoms with E-state index in [1.165, 1.54) is 0 Å². The minimum absolute atomic E-state index is 0. The summed E-state index contributed by atoms with van der Waals surface area (Å²) in [4.78, 5) is 41.9. The molecule has 0 saturated carbocycles. The van der Waals surface area contributed by atoms with Crippen molar-refractivity contribution >= 4 is 23.9 Å². The van der Waals surface area contributed by atoms with Gasteiger partial charge in [0.1, 0.15) is 6.04 Å². The minimum atomic E-state index is -1.60. The van der Waals surface area contributed by atoms with Gasteiger partial charge in [-0.25, -0.2) is 0 Å². The Morgan fingerprint density at radius 3 is 1.64 bits per heavy atom. The predicted octanol–water partition coefficient (Wildman–Crippen LogP) is -10.6. The summed E-state index contributed by atoms with van der Waals surface area (Å²) >= 11 is 0. The molecule has 0 amide bonds. The molecule has 0 rings (SSSR count). The molecular weight excluding hydrogens is 354 g/mol. The van der Waals surface area contributed by atoms with Gasteiger partial charge >= 0.3 is 115 Å². The molecule has 0 heterocycles. The monoisotopic (exact) mass is 368 g/mol. The molecule has 114 valence electrons. The van der Waals surface area contributed by atoms with Crippen LogP contribution < -0.4 is 124 Å². The topological polar surface area (TPSA) is 179 Å². The zero-order valence-corrected chi connectivity index (χ0v) is 18.6. The minimum Gasteiger partial charge on any atom is -0.550 e. The standard InChI is InChI=1S/C10H16N2O8.2K/c13-7(14)3-5(9(17)18)11-1-2-12-6(10(19)20)4-8(15)16;;/h5-6,11-12H,1-4H2,(H,13,14)(H,15,16)(H,17,18)(H,19,20);;/q;2*+1/p-2/t5-,6-;;/m0../s1. The van der Waals surface area contributed by atoms with Gasteiger partial charge in [-0.05, 0) is 0 Å². The third-order valence-electron chi connectivity index (χ3n) is 2.24. The van der Waals surface area contributed by atoms with E-state index in [1.54, 1.807) is 0 Å². The summed E-state index contributed by atoms with van der Waals surface area (Å²) < 4.78 is 0. The maximum Gasteiger partial charge on any atom is 1.00 e. The maximum absolute atomic E-state index is 10.7. The first-order valence-electron chi connectivity index (χ1n) is 5.56. The number of carboxylic acid groups (broad SMARTS) is 4. The third-order valence-corrected chi connectivity index (χ3v) is 2.24. The van der Waals surface area contributed by atoms with E-state index >= 15 is 0 Å². The largest absolute Gasteiger partial charge is 1.00 e. The molecule has 0 radical (unpaired) electrons. The molecule has 0 fully saturated rings. The van der Waals surface area contributed by atoms with Crippen LogP contribution in [0.4, 0.5) is 0 Å². The maximum atomic E-state index is 10.7. The van der Waals surface area contributed by atoms with Gasteiger partial charge in [0.05, 0.1) is 18.4 Å². The fourth-order valence-corrected chi connectivity index (χ4v) is 1.32. The van der Waals surface area contributed by atoms with Gasteiger partial charge in [-0.15, -0.1) is 0 Å². The van der Waals surface area contributed by atoms with E-state index in [1.807, 2.05) is 0 Å². The first-order chi connectivity index (χ1) is 9.23. The van der Waals surface area contributed by atoms with Crippen molar-refractivity contribution in [2.24, 2.45) is 0 Å². The Labute approximate surface area is 211 Å². The van der Waals surface area contributed by atoms with Crippen LogP contribution in [0.15, 0.2) is 0 Å². The van der Waals surface area contributed by atoms with Crippen LogP contribution in [0.2, 0.25) is 0 Å². The number of nitrogens with one attached hydrogen (secondary N) is 2. The quantitative estimate of drug-likeness (QED) is 0.202. The molecule has 2 atom stereocenters. The van der Waals surface area contributed by atoms with Crippen molar-refractivity contribution in [3.63, 3.8) is 0 Å². The number of hydrogen-bond acceptors (Lipinski definition) is 8. The number of carboxylic acids is 4. The van der Waals surface area contributed by atoms with Gasteiger partial charge in [-0.3, -0.25) is 9.59 Å². The Morgan fingerprint density at radius 1 is 0.864 bits per heavy atom. The number of carbonyl (C=O) groups is 4. The molecule has 0 bridgehead atoms. The van der Waals surface area contributed by atoms with E-state index in [0.29, 0.717) is 0 Å². The molecule has 0 aromatic heterocycles. The Hall–Kier alpha value is 1.07. The molecule has 0 unspecified atom stereocenters. The van der Waals surface area contributed by atoms with Crippen molar-refractivity contribution in [2.45, 2.75) is 24.9 Å². The van der Waals surface area contributed by atoms with Gasteiger partial charge in [-0.1, -0.05) is 0 Å². The van der Waals surface area contributed by atoms with E-state index in [9.17, 15) is 29.4 Å². The van der Waals surface area contributed by atoms with Crippen LogP contribution in [0.25, 0.3) is 0 Å². The van der Waals surface area contributed by atoms with E-state index in [4.69, 9.17) is 10.2 Å². The molecular formula is C10H14K2N2O8. The molecule has 0 aliphatic carbocycles. The van der Waals surface area contributed by atoms with E-state index in [0.717, 1.165) is 0 Å². The zero-order valence-electron chi connectivity index (χ0n) is 12.3. The van der Waals surface area contributed by atoms with Gasteiger partial charge in [0.15, 0.2) is 0 Å². The Morgan fingerprint density at radius 2 is 1.32 bits per heavy atom. The third kappa shape index (κ3) is 14.7. The second-order valence-corrected chi connectivity index (χ2v) is 3.84. The molecule has 0 saturated heterocycles. The zero-order chi connectivity index (χ0) is 15.7. The summed E-state index contributed by atoms with van der Waals surface area (Å²) in [6.07, 6.45) is -1.43. The summed E-state index contributed by atoms with van der Waals surface area (Å²) in [6, 6.07) is -2.79. The average Bonchev–Trinajstić information content (AvgIpc) is 2.29. The normalized spacial score (nSPS) is 12.2. The van der Waals surface area contributed by atoms with Crippen molar-refractivity contribution < 1.29 is 142 Å². The van der Waals surface area contributed by atoms with Gasteiger partial charge in [0, 0.05) is 25.5 Å². The van der Waals surface area contributed by atoms with E-state index < -0.39 is 48.8 Å². The summed E-state index contributed by atoms with van der Waals surface area (Å²) in [5.41, 5.74) is 0. The predicted molar refractivity (Wildman–Crippen MR) is 58.1 cm³/mol. The first-order valence-corrected chi connectivity index (χ1v) is 5.56. The van der Waals surface area contributed by atoms with Crippen molar-refractivity contribution in [1.29, 1.82) is 0 Å². The van der Waals surface area contributed by atoms with Gasteiger partial charge < -0.3 is 40.6 Å². The Balaban J connectivity index is -0.00000180. The molecule has 0 aromatic carbocycles. The van der Waals surface area contributed by atoms with Crippen LogP contribution in [0.1, 0.15) is 12.8 Å². The molecule has 4 N–H and O–H groups in total. The van der Waals surface area contributed by atoms with Crippen molar-refractivity contribution in [3.05, 3.63) is 0 Å². The average molecular weight is 368 g/mol. The molecule has 0 aliphatic heterocycles. The second kappa shape index (κ2) is 15.6. The van der Waals surface area contributed by atoms with Crippen LogP contribution in [-0.4, -0.2) is 59.3 Å². The summed E-state index contributed by atoms with van der Waals surface area (Å²) in [5.74, 6) is -5.87. The number of aliphatic carboxylic acids is 4. The molecule has 12 heteroatoms. The fraction of sp³-hybridized carbons (Fsp3) is 0.600. The summed E-state index contributed by atoms with van der Waals surface area (Å²) in [7, 11) is 0. The van der Waals surface area contributed by atoms with E-state index in [-0.39, 0.29) is 116 Å². The van der Waals surface area contributed by atoms with Gasteiger partial charge in [-0.2, -0.15) is 0 Å². The second-order valence-electron chi connectivity index (χ2n) is 3.84. The SMILES string of the molecule is O=C([O-])C[C@H](NCCN[C@@H](CC(=O)O)C(=O)[O-])C(=O)O.[K+].[K+]. The number of carbonyl (C=O) groups excluding carboxylic acids is 2. The van der Waals surface area contributed by atoms with Crippen molar-refractivity contribution in [1.82, 2.24) is 10.6 Å². The molecule has 0 aromatic rings. The van der Waals surface area contributed by atoms with Crippen molar-refractivity contribution in [2.75, 3.05) is 13.1 Å². The van der Waals surface area contributed by atoms with E-state index in [2.05, 4.69) is 10.6 Å². The number of rotatable bonds is 11. The van der Waals surface area contributed by atoms with Crippen LogP contribution in [0.5, 0.6) is 0 Å². The number of hydrogen-bond donors (Lipinski definition) is 4. The molecule has 0 aliphatic rings. The Kier molecular flexibility index (Phi) is 19.8. The van der Waals surface area contributed by atoms with Crippen molar-refractivity contribution in [3.8, 4) is 0 Å². The molecule has 0 spiro atoms. The fourth-order valence-electron chi connectivity index (χ4n) is 1.32. The van der Waals surface area contributed by atoms with Gasteiger partial charge in [0.2, 0.25) is 0 Å². The first kappa shape index (κ1) is 27.9. The van der Waals surface area contributed by atoms with Crippen LogP contribution in [0.3, 0.4) is 0 Å². The summed E-state index contributed by atoms with van der Waals surface area (Å²) in [5, 5.41) is 42.7. The Bertz CT molecular complexity index is 357. The smallest absolute Gasteiger partial charge is 0.550 e. The van der Waals surface area contributed by atoms with Crippen LogP contribution in [-0.2, 0) is 19.2 Å². The van der Waals surface area contributed by atoms with Crippen LogP contribution >= 0.6 is 0 Å². The molecule has 22 heavy (non-hydrogen) atoms. The van der Waals surface area contributed by atoms with Gasteiger partial charge in [0.25, 0.3) is 0 Å².